The van der Waals surface area contributed by atoms with Crippen molar-refractivity contribution in [3.63, 3.8) is 0 Å². The molecule has 0 spiro atoms. The molecule has 0 radical (unpaired) electrons. The number of aliphatic hydroxyl groups excluding tert-OH is 1. The van der Waals surface area contributed by atoms with Crippen molar-refractivity contribution in [3.8, 4) is 0 Å². The molecule has 21 heavy (non-hydrogen) atoms. The van der Waals surface area contributed by atoms with Crippen molar-refractivity contribution in [2.24, 2.45) is 5.41 Å². The Labute approximate surface area is 131 Å². The zero-order chi connectivity index (χ0) is 16.4. The van der Waals surface area contributed by atoms with Gasteiger partial charge in [-0.15, -0.1) is 0 Å². The summed E-state index contributed by atoms with van der Waals surface area (Å²) in [6.45, 7) is 7.36. The SMILES string of the molecule is Cc1c(N)cc(S(=O)(=O)NC(CCO)C(C)(C)C)cc1Cl. The maximum atomic E-state index is 12.5. The third-order valence-corrected chi connectivity index (χ3v) is 5.27. The van der Waals surface area contributed by atoms with Gasteiger partial charge in [-0.1, -0.05) is 32.4 Å². The Morgan fingerprint density at radius 1 is 1.38 bits per heavy atom. The van der Waals surface area contributed by atoms with E-state index < -0.39 is 16.1 Å². The maximum Gasteiger partial charge on any atom is 0.240 e. The van der Waals surface area contributed by atoms with Crippen molar-refractivity contribution in [2.75, 3.05) is 12.3 Å². The summed E-state index contributed by atoms with van der Waals surface area (Å²) in [5.41, 5.74) is 6.44. The summed E-state index contributed by atoms with van der Waals surface area (Å²) in [7, 11) is -3.75. The molecular formula is C14H23ClN2O3S. The van der Waals surface area contributed by atoms with Crippen LogP contribution < -0.4 is 10.5 Å². The van der Waals surface area contributed by atoms with Crippen molar-refractivity contribution in [2.45, 2.75) is 45.1 Å². The molecule has 0 heterocycles. The van der Waals surface area contributed by atoms with Gasteiger partial charge in [-0.05, 0) is 36.5 Å². The third kappa shape index (κ3) is 4.57. The van der Waals surface area contributed by atoms with E-state index in [1.165, 1.54) is 12.1 Å². The van der Waals surface area contributed by atoms with Crippen LogP contribution in [-0.2, 0) is 10.0 Å². The predicted octanol–water partition coefficient (Wildman–Crippen LogP) is 2.31. The molecule has 0 aromatic heterocycles. The number of sulfonamides is 1. The van der Waals surface area contributed by atoms with Crippen LogP contribution in [0.2, 0.25) is 5.02 Å². The van der Waals surface area contributed by atoms with Gasteiger partial charge >= 0.3 is 0 Å². The number of anilines is 1. The van der Waals surface area contributed by atoms with Crippen molar-refractivity contribution >= 4 is 27.3 Å². The molecule has 4 N–H and O–H groups in total. The first-order valence-corrected chi connectivity index (χ1v) is 8.54. The first-order chi connectivity index (χ1) is 9.49. The van der Waals surface area contributed by atoms with Crippen LogP contribution in [0.3, 0.4) is 0 Å². The van der Waals surface area contributed by atoms with E-state index in [2.05, 4.69) is 4.72 Å². The second-order valence-corrected chi connectivity index (χ2v) is 8.29. The number of halogens is 1. The van der Waals surface area contributed by atoms with Crippen LogP contribution in [0.5, 0.6) is 0 Å². The average molecular weight is 335 g/mol. The Bertz CT molecular complexity index is 586. The summed E-state index contributed by atoms with van der Waals surface area (Å²) in [5, 5.41) is 9.43. The predicted molar refractivity (Wildman–Crippen MR) is 85.9 cm³/mol. The van der Waals surface area contributed by atoms with Crippen molar-refractivity contribution in [3.05, 3.63) is 22.7 Å². The molecule has 0 saturated heterocycles. The lowest BCUT2D eigenvalue weighted by atomic mass is 9.86. The van der Waals surface area contributed by atoms with Gasteiger partial charge in [-0.3, -0.25) is 0 Å². The van der Waals surface area contributed by atoms with E-state index in [-0.39, 0.29) is 16.9 Å². The number of hydrogen-bond acceptors (Lipinski definition) is 4. The van der Waals surface area contributed by atoms with Crippen LogP contribution in [0.1, 0.15) is 32.8 Å². The molecule has 0 fully saturated rings. The lowest BCUT2D eigenvalue weighted by molar-refractivity contribution is 0.214. The molecule has 0 aliphatic carbocycles. The lowest BCUT2D eigenvalue weighted by Gasteiger charge is -2.30. The Kier molecular flexibility index (Phi) is 5.66. The second-order valence-electron chi connectivity index (χ2n) is 6.17. The number of nitrogens with one attached hydrogen (secondary N) is 1. The van der Waals surface area contributed by atoms with E-state index in [1.54, 1.807) is 6.92 Å². The maximum absolute atomic E-state index is 12.5. The van der Waals surface area contributed by atoms with Crippen LogP contribution in [0.4, 0.5) is 5.69 Å². The first-order valence-electron chi connectivity index (χ1n) is 6.68. The normalized spacial score (nSPS) is 14.2. The number of aliphatic hydroxyl groups is 1. The lowest BCUT2D eigenvalue weighted by Crippen LogP contribution is -2.44. The van der Waals surface area contributed by atoms with Crippen LogP contribution in [0, 0.1) is 12.3 Å². The number of hydrogen-bond donors (Lipinski definition) is 3. The molecule has 1 unspecified atom stereocenters. The summed E-state index contributed by atoms with van der Waals surface area (Å²) < 4.78 is 27.6. The number of benzene rings is 1. The molecule has 0 saturated carbocycles. The molecule has 1 aromatic carbocycles. The van der Waals surface area contributed by atoms with Crippen LogP contribution in [-0.4, -0.2) is 26.2 Å². The average Bonchev–Trinajstić information content (AvgIpc) is 2.33. The van der Waals surface area contributed by atoms with Gasteiger partial charge in [0.25, 0.3) is 0 Å². The summed E-state index contributed by atoms with van der Waals surface area (Å²) >= 11 is 6.00. The highest BCUT2D eigenvalue weighted by Gasteiger charge is 2.29. The minimum Gasteiger partial charge on any atom is -0.398 e. The molecule has 0 bridgehead atoms. The van der Waals surface area contributed by atoms with Gasteiger partial charge < -0.3 is 10.8 Å². The van der Waals surface area contributed by atoms with Gasteiger partial charge in [0.1, 0.15) is 0 Å². The molecule has 5 nitrogen and oxygen atoms in total. The summed E-state index contributed by atoms with van der Waals surface area (Å²) in [4.78, 5) is 0.0304. The zero-order valence-electron chi connectivity index (χ0n) is 12.8. The highest BCUT2D eigenvalue weighted by molar-refractivity contribution is 7.89. The summed E-state index contributed by atoms with van der Waals surface area (Å²) in [6, 6.07) is 2.38. The van der Waals surface area contributed by atoms with Crippen LogP contribution in [0.15, 0.2) is 17.0 Å². The Morgan fingerprint density at radius 2 is 1.95 bits per heavy atom. The minimum atomic E-state index is -3.75. The fourth-order valence-corrected chi connectivity index (χ4v) is 3.71. The minimum absolute atomic E-state index is 0.0304. The molecule has 1 atom stereocenters. The molecule has 0 amide bonds. The topological polar surface area (TPSA) is 92.4 Å². The van der Waals surface area contributed by atoms with E-state index in [0.717, 1.165) is 0 Å². The standard InChI is InChI=1S/C14H23ClN2O3S/c1-9-11(15)7-10(8-12(9)16)21(19,20)17-13(5-6-18)14(2,3)4/h7-8,13,17-18H,5-6,16H2,1-4H3. The van der Waals surface area contributed by atoms with E-state index in [0.29, 0.717) is 22.7 Å². The zero-order valence-corrected chi connectivity index (χ0v) is 14.3. The molecule has 7 heteroatoms. The van der Waals surface area contributed by atoms with Gasteiger partial charge in [0.05, 0.1) is 4.90 Å². The molecule has 1 aromatic rings. The van der Waals surface area contributed by atoms with Gasteiger partial charge in [-0.25, -0.2) is 13.1 Å². The Balaban J connectivity index is 3.16. The van der Waals surface area contributed by atoms with Gasteiger partial charge in [-0.2, -0.15) is 0 Å². The molecule has 120 valence electrons. The van der Waals surface area contributed by atoms with Crippen molar-refractivity contribution in [1.29, 1.82) is 0 Å². The molecule has 1 rings (SSSR count). The summed E-state index contributed by atoms with van der Waals surface area (Å²) in [6.07, 6.45) is 0.331. The van der Waals surface area contributed by atoms with E-state index >= 15 is 0 Å². The van der Waals surface area contributed by atoms with Gasteiger partial charge in [0, 0.05) is 23.4 Å². The highest BCUT2D eigenvalue weighted by atomic mass is 35.5. The molecular weight excluding hydrogens is 312 g/mol. The molecule has 0 aliphatic rings. The van der Waals surface area contributed by atoms with Crippen molar-refractivity contribution in [1.82, 2.24) is 4.72 Å². The fourth-order valence-electron chi connectivity index (χ4n) is 1.88. The largest absolute Gasteiger partial charge is 0.398 e. The highest BCUT2D eigenvalue weighted by Crippen LogP contribution is 2.28. The van der Waals surface area contributed by atoms with Gasteiger partial charge in [0.15, 0.2) is 0 Å². The van der Waals surface area contributed by atoms with Crippen molar-refractivity contribution < 1.29 is 13.5 Å². The fraction of sp³-hybridized carbons (Fsp3) is 0.571. The van der Waals surface area contributed by atoms with Crippen LogP contribution in [0.25, 0.3) is 0 Å². The van der Waals surface area contributed by atoms with Crippen LogP contribution >= 0.6 is 11.6 Å². The first kappa shape index (κ1) is 18.2. The third-order valence-electron chi connectivity index (χ3n) is 3.43. The number of nitrogens with two attached hydrogens (primary N) is 1. The Morgan fingerprint density at radius 3 is 2.38 bits per heavy atom. The second kappa shape index (κ2) is 6.52. The van der Waals surface area contributed by atoms with E-state index in [9.17, 15) is 8.42 Å². The number of rotatable bonds is 5. The van der Waals surface area contributed by atoms with E-state index in [4.69, 9.17) is 22.4 Å². The smallest absolute Gasteiger partial charge is 0.240 e. The number of nitrogen functional groups attached to an aromatic ring is 1. The molecule has 0 aliphatic heterocycles. The van der Waals surface area contributed by atoms with Gasteiger partial charge in [0.2, 0.25) is 10.0 Å². The Hall–Kier alpha value is -0.820. The quantitative estimate of drug-likeness (QED) is 0.720. The summed E-state index contributed by atoms with van der Waals surface area (Å²) in [5.74, 6) is 0. The monoisotopic (exact) mass is 334 g/mol. The van der Waals surface area contributed by atoms with E-state index in [1.807, 2.05) is 20.8 Å².